The predicted molar refractivity (Wildman–Crippen MR) is 219 cm³/mol. The molecular formula is C46H78O6. The van der Waals surface area contributed by atoms with Gasteiger partial charge in [-0.15, -0.1) is 0 Å². The van der Waals surface area contributed by atoms with Crippen molar-refractivity contribution in [1.29, 1.82) is 0 Å². The molecule has 0 aromatic heterocycles. The second-order valence-corrected chi connectivity index (χ2v) is 13.9. The molecule has 0 aliphatic carbocycles. The van der Waals surface area contributed by atoms with Crippen LogP contribution in [0.15, 0.2) is 60.8 Å². The molecule has 0 saturated carbocycles. The Morgan fingerprint density at radius 3 is 1.35 bits per heavy atom. The lowest BCUT2D eigenvalue weighted by molar-refractivity contribution is -0.166. The average Bonchev–Trinajstić information content (AvgIpc) is 3.14. The molecule has 1 unspecified atom stereocenters. The first-order valence-electron chi connectivity index (χ1n) is 21.3. The van der Waals surface area contributed by atoms with E-state index in [2.05, 4.69) is 75.5 Å². The molecule has 0 radical (unpaired) electrons. The topological polar surface area (TPSA) is 78.9 Å². The molecule has 0 aromatic carbocycles. The summed E-state index contributed by atoms with van der Waals surface area (Å²) in [6.07, 6.45) is 48.0. The third kappa shape index (κ3) is 38.3. The van der Waals surface area contributed by atoms with Crippen LogP contribution in [0, 0.1) is 0 Å². The molecule has 0 N–H and O–H groups in total. The summed E-state index contributed by atoms with van der Waals surface area (Å²) in [7, 11) is 0. The van der Waals surface area contributed by atoms with Gasteiger partial charge in [-0.05, 0) is 64.2 Å². The van der Waals surface area contributed by atoms with E-state index >= 15 is 0 Å². The van der Waals surface area contributed by atoms with Gasteiger partial charge in [-0.1, -0.05) is 171 Å². The van der Waals surface area contributed by atoms with Crippen molar-refractivity contribution in [3.05, 3.63) is 60.8 Å². The molecule has 0 spiro atoms. The van der Waals surface area contributed by atoms with E-state index in [0.717, 1.165) is 57.8 Å². The Labute approximate surface area is 320 Å². The summed E-state index contributed by atoms with van der Waals surface area (Å²) < 4.78 is 16.5. The van der Waals surface area contributed by atoms with Crippen LogP contribution in [-0.4, -0.2) is 37.2 Å². The van der Waals surface area contributed by atoms with Gasteiger partial charge in [0, 0.05) is 19.3 Å². The van der Waals surface area contributed by atoms with Gasteiger partial charge in [0.15, 0.2) is 6.10 Å². The molecule has 0 fully saturated rings. The van der Waals surface area contributed by atoms with Crippen molar-refractivity contribution >= 4 is 17.9 Å². The Morgan fingerprint density at radius 2 is 0.808 bits per heavy atom. The quantitative estimate of drug-likeness (QED) is 0.0274. The fourth-order valence-corrected chi connectivity index (χ4v) is 5.58. The van der Waals surface area contributed by atoms with Crippen molar-refractivity contribution in [3.63, 3.8) is 0 Å². The van der Waals surface area contributed by atoms with Gasteiger partial charge in [0.25, 0.3) is 0 Å². The van der Waals surface area contributed by atoms with Gasteiger partial charge in [-0.2, -0.15) is 0 Å². The maximum Gasteiger partial charge on any atom is 0.306 e. The summed E-state index contributed by atoms with van der Waals surface area (Å²) in [5.41, 5.74) is 0. The molecule has 1 atom stereocenters. The second-order valence-electron chi connectivity index (χ2n) is 13.9. The number of unbranched alkanes of at least 4 members (excludes halogenated alkanes) is 16. The molecule has 298 valence electrons. The van der Waals surface area contributed by atoms with Gasteiger partial charge in [0.1, 0.15) is 13.2 Å². The Hall–Kier alpha value is -2.89. The van der Waals surface area contributed by atoms with Crippen LogP contribution in [0.5, 0.6) is 0 Å². The number of hydrogen-bond acceptors (Lipinski definition) is 6. The van der Waals surface area contributed by atoms with Crippen LogP contribution in [0.25, 0.3) is 0 Å². The monoisotopic (exact) mass is 727 g/mol. The summed E-state index contributed by atoms with van der Waals surface area (Å²) in [4.78, 5) is 37.5. The zero-order chi connectivity index (χ0) is 38.0. The van der Waals surface area contributed by atoms with Crippen molar-refractivity contribution in [2.75, 3.05) is 13.2 Å². The Balaban J connectivity index is 4.52. The summed E-state index contributed by atoms with van der Waals surface area (Å²) in [6.45, 7) is 6.37. The van der Waals surface area contributed by atoms with Gasteiger partial charge in [-0.25, -0.2) is 0 Å². The standard InChI is InChI=1S/C46H78O6/c1-4-7-10-13-16-19-22-23-25-27-30-33-36-39-45(48)51-42-43(41-50-44(47)38-35-32-29-26-21-18-15-12-9-6-3)52-46(49)40-37-34-31-28-24-20-17-14-11-8-5-2/h8,11,17,20,23,25,28,30-31,33,43H,4-7,9-10,12-16,18-19,21-22,24,26-27,29,32,34-42H2,1-3H3/b11-8-,20-17-,25-23-,31-28-,33-30-. The average molecular weight is 727 g/mol. The van der Waals surface area contributed by atoms with Crippen LogP contribution in [0.2, 0.25) is 0 Å². The number of rotatable bonds is 37. The van der Waals surface area contributed by atoms with E-state index in [-0.39, 0.29) is 44.0 Å². The van der Waals surface area contributed by atoms with Crippen molar-refractivity contribution in [1.82, 2.24) is 0 Å². The maximum absolute atomic E-state index is 12.6. The number of esters is 3. The fourth-order valence-electron chi connectivity index (χ4n) is 5.58. The molecule has 0 bridgehead atoms. The molecule has 0 saturated heterocycles. The van der Waals surface area contributed by atoms with Crippen LogP contribution in [0.1, 0.15) is 194 Å². The van der Waals surface area contributed by atoms with E-state index in [1.165, 1.54) is 83.5 Å². The molecule has 0 aromatic rings. The molecule has 0 rings (SSSR count). The number of allylic oxidation sites excluding steroid dienone is 10. The van der Waals surface area contributed by atoms with E-state index in [1.54, 1.807) is 0 Å². The Bertz CT molecular complexity index is 975. The zero-order valence-corrected chi connectivity index (χ0v) is 33.8. The molecule has 0 amide bonds. The third-order valence-electron chi connectivity index (χ3n) is 8.77. The van der Waals surface area contributed by atoms with Crippen molar-refractivity contribution < 1.29 is 28.6 Å². The van der Waals surface area contributed by atoms with Crippen LogP contribution >= 0.6 is 0 Å². The molecule has 6 nitrogen and oxygen atoms in total. The Kier molecular flexibility index (Phi) is 38.6. The molecule has 0 heterocycles. The van der Waals surface area contributed by atoms with Crippen LogP contribution in [-0.2, 0) is 28.6 Å². The minimum Gasteiger partial charge on any atom is -0.462 e. The summed E-state index contributed by atoms with van der Waals surface area (Å²) in [5.74, 6) is -1.05. The first-order chi connectivity index (χ1) is 25.5. The fraction of sp³-hybridized carbons (Fsp3) is 0.717. The first kappa shape index (κ1) is 49.1. The van der Waals surface area contributed by atoms with Crippen molar-refractivity contribution in [2.24, 2.45) is 0 Å². The molecule has 0 aliphatic rings. The normalized spacial score (nSPS) is 12.6. The third-order valence-corrected chi connectivity index (χ3v) is 8.77. The molecule has 0 aliphatic heterocycles. The zero-order valence-electron chi connectivity index (χ0n) is 33.8. The minimum atomic E-state index is -0.817. The highest BCUT2D eigenvalue weighted by atomic mass is 16.6. The van der Waals surface area contributed by atoms with Gasteiger partial charge in [0.2, 0.25) is 0 Å². The Morgan fingerprint density at radius 1 is 0.404 bits per heavy atom. The smallest absolute Gasteiger partial charge is 0.306 e. The van der Waals surface area contributed by atoms with Crippen molar-refractivity contribution in [2.45, 2.75) is 200 Å². The number of ether oxygens (including phenoxy) is 3. The van der Waals surface area contributed by atoms with Gasteiger partial charge in [0.05, 0.1) is 0 Å². The van der Waals surface area contributed by atoms with Gasteiger partial charge >= 0.3 is 17.9 Å². The van der Waals surface area contributed by atoms with E-state index < -0.39 is 6.10 Å². The maximum atomic E-state index is 12.6. The van der Waals surface area contributed by atoms with Crippen LogP contribution in [0.3, 0.4) is 0 Å². The van der Waals surface area contributed by atoms with Crippen molar-refractivity contribution in [3.8, 4) is 0 Å². The van der Waals surface area contributed by atoms with E-state index in [4.69, 9.17) is 14.2 Å². The summed E-state index contributed by atoms with van der Waals surface area (Å²) >= 11 is 0. The lowest BCUT2D eigenvalue weighted by Gasteiger charge is -2.18. The van der Waals surface area contributed by atoms with Crippen LogP contribution < -0.4 is 0 Å². The first-order valence-corrected chi connectivity index (χ1v) is 21.3. The number of hydrogen-bond donors (Lipinski definition) is 0. The number of carbonyl (C=O) groups excluding carboxylic acids is 3. The SMILES string of the molecule is CC/C=C\C/C=C\C/C=C\CCCC(=O)OC(COC(=O)CC/C=C\C/C=C\CCCCCCCC)COC(=O)CCCCCCCCCCCC. The highest BCUT2D eigenvalue weighted by Crippen LogP contribution is 2.12. The highest BCUT2D eigenvalue weighted by Gasteiger charge is 2.19. The molecular weight excluding hydrogens is 648 g/mol. The van der Waals surface area contributed by atoms with Gasteiger partial charge < -0.3 is 14.2 Å². The van der Waals surface area contributed by atoms with E-state index in [9.17, 15) is 14.4 Å². The van der Waals surface area contributed by atoms with Crippen LogP contribution in [0.4, 0.5) is 0 Å². The van der Waals surface area contributed by atoms with E-state index in [0.29, 0.717) is 19.3 Å². The number of carbonyl (C=O) groups is 3. The molecule has 52 heavy (non-hydrogen) atoms. The van der Waals surface area contributed by atoms with Gasteiger partial charge in [-0.3, -0.25) is 14.4 Å². The predicted octanol–water partition coefficient (Wildman–Crippen LogP) is 13.4. The highest BCUT2D eigenvalue weighted by molar-refractivity contribution is 5.71. The molecule has 6 heteroatoms. The van der Waals surface area contributed by atoms with E-state index in [1.807, 2.05) is 6.08 Å². The minimum absolute atomic E-state index is 0.111. The lowest BCUT2D eigenvalue weighted by atomic mass is 10.1. The largest absolute Gasteiger partial charge is 0.462 e. The second kappa shape index (κ2) is 40.9. The lowest BCUT2D eigenvalue weighted by Crippen LogP contribution is -2.30. The summed E-state index contributed by atoms with van der Waals surface area (Å²) in [5, 5.41) is 0. The summed E-state index contributed by atoms with van der Waals surface area (Å²) in [6, 6.07) is 0.